The molecule has 1 heterocycles. The number of carbonyl (C=O) groups is 2. The third kappa shape index (κ3) is 4.40. The number of amides is 1. The van der Waals surface area contributed by atoms with Crippen LogP contribution in [-0.4, -0.2) is 45.8 Å². The highest BCUT2D eigenvalue weighted by Gasteiger charge is 2.35. The number of sulfonamides is 1. The third-order valence-corrected chi connectivity index (χ3v) is 5.91. The van der Waals surface area contributed by atoms with E-state index in [1.165, 1.54) is 4.31 Å². The number of fused-ring (bicyclic) bond motifs is 1. The van der Waals surface area contributed by atoms with Gasteiger partial charge in [-0.1, -0.05) is 12.1 Å². The van der Waals surface area contributed by atoms with Crippen LogP contribution in [0.25, 0.3) is 0 Å². The van der Waals surface area contributed by atoms with Gasteiger partial charge in [0.15, 0.2) is 6.10 Å². The van der Waals surface area contributed by atoms with Crippen molar-refractivity contribution in [2.45, 2.75) is 26.9 Å². The van der Waals surface area contributed by atoms with Crippen LogP contribution in [0.2, 0.25) is 0 Å². The molecule has 9 heteroatoms. The molecule has 0 unspecified atom stereocenters. The Bertz CT molecular complexity index is 1100. The predicted molar refractivity (Wildman–Crippen MR) is 114 cm³/mol. The summed E-state index contributed by atoms with van der Waals surface area (Å²) in [6.07, 6.45) is 0.0346. The number of nitrogens with one attached hydrogen (secondary N) is 1. The van der Waals surface area contributed by atoms with Gasteiger partial charge in [0.05, 0.1) is 30.7 Å². The second kappa shape index (κ2) is 8.35. The van der Waals surface area contributed by atoms with Gasteiger partial charge in [-0.25, -0.2) is 13.2 Å². The number of rotatable bonds is 5. The lowest BCUT2D eigenvalue weighted by molar-refractivity contribution is -0.122. The first-order valence-electron chi connectivity index (χ1n) is 9.44. The maximum atomic E-state index is 12.9. The normalized spacial score (nSPS) is 15.7. The predicted octanol–water partition coefficient (Wildman–Crippen LogP) is 2.65. The number of hydrogen-bond acceptors (Lipinski definition) is 6. The number of nitrogens with zero attached hydrogens (tertiary/aromatic N) is 1. The first-order valence-corrected chi connectivity index (χ1v) is 11.3. The minimum absolute atomic E-state index is 0.155. The molecule has 1 aliphatic rings. The summed E-state index contributed by atoms with van der Waals surface area (Å²) in [7, 11) is -3.62. The van der Waals surface area contributed by atoms with Crippen molar-refractivity contribution in [1.82, 2.24) is 0 Å². The molecule has 1 amide bonds. The number of carbonyl (C=O) groups excluding carboxylic acids is 2. The summed E-state index contributed by atoms with van der Waals surface area (Å²) in [4.78, 5) is 25.0. The van der Waals surface area contributed by atoms with E-state index in [-0.39, 0.29) is 13.2 Å². The van der Waals surface area contributed by atoms with E-state index >= 15 is 0 Å². The number of hydrogen-bond donors (Lipinski definition) is 1. The molecular weight excluding hydrogens is 408 g/mol. The molecule has 0 bridgehead atoms. The minimum Gasteiger partial charge on any atom is -0.476 e. The van der Waals surface area contributed by atoms with Crippen LogP contribution in [0.4, 0.5) is 11.4 Å². The summed E-state index contributed by atoms with van der Waals surface area (Å²) < 4.78 is 36.6. The second-order valence-corrected chi connectivity index (χ2v) is 8.97. The Hall–Kier alpha value is -3.07. The first kappa shape index (κ1) is 21.6. The number of anilines is 2. The number of benzene rings is 2. The van der Waals surface area contributed by atoms with Crippen LogP contribution in [0.3, 0.4) is 0 Å². The topological polar surface area (TPSA) is 102 Å². The molecule has 1 N–H and O–H groups in total. The molecule has 0 aromatic heterocycles. The molecule has 0 spiro atoms. The van der Waals surface area contributed by atoms with Gasteiger partial charge in [-0.05, 0) is 56.2 Å². The molecule has 2 aromatic carbocycles. The van der Waals surface area contributed by atoms with Gasteiger partial charge in [0.1, 0.15) is 5.75 Å². The summed E-state index contributed by atoms with van der Waals surface area (Å²) in [5, 5.41) is 2.74. The van der Waals surface area contributed by atoms with Crippen LogP contribution in [-0.2, 0) is 19.6 Å². The molecule has 0 fully saturated rings. The lowest BCUT2D eigenvalue weighted by atomic mass is 10.1. The van der Waals surface area contributed by atoms with Crippen LogP contribution in [0.5, 0.6) is 5.75 Å². The quantitative estimate of drug-likeness (QED) is 0.729. The second-order valence-electron chi connectivity index (χ2n) is 7.06. The Balaban J connectivity index is 1.87. The average molecular weight is 432 g/mol. The van der Waals surface area contributed by atoms with Crippen molar-refractivity contribution in [1.29, 1.82) is 0 Å². The highest BCUT2D eigenvalue weighted by molar-refractivity contribution is 7.92. The zero-order valence-corrected chi connectivity index (χ0v) is 18.1. The molecule has 160 valence electrons. The van der Waals surface area contributed by atoms with E-state index in [0.717, 1.165) is 11.8 Å². The third-order valence-electron chi connectivity index (χ3n) is 4.76. The van der Waals surface area contributed by atoms with Crippen molar-refractivity contribution in [2.24, 2.45) is 0 Å². The number of esters is 1. The monoisotopic (exact) mass is 432 g/mol. The highest BCUT2D eigenvalue weighted by Crippen LogP contribution is 2.36. The molecule has 2 aromatic rings. The van der Waals surface area contributed by atoms with Crippen LogP contribution in [0.15, 0.2) is 36.4 Å². The number of aryl methyl sites for hydroxylation is 1. The van der Waals surface area contributed by atoms with E-state index in [2.05, 4.69) is 5.32 Å². The Labute approximate surface area is 175 Å². The zero-order chi connectivity index (χ0) is 22.1. The van der Waals surface area contributed by atoms with E-state index in [1.54, 1.807) is 50.2 Å². The highest BCUT2D eigenvalue weighted by atomic mass is 32.2. The smallest absolute Gasteiger partial charge is 0.338 e. The van der Waals surface area contributed by atoms with Crippen molar-refractivity contribution in [3.63, 3.8) is 0 Å². The van der Waals surface area contributed by atoms with Gasteiger partial charge >= 0.3 is 5.97 Å². The van der Waals surface area contributed by atoms with Crippen molar-refractivity contribution in [2.75, 3.05) is 29.0 Å². The first-order chi connectivity index (χ1) is 14.1. The van der Waals surface area contributed by atoms with Gasteiger partial charge in [-0.15, -0.1) is 0 Å². The standard InChI is InChI=1S/C21H24N2O6S/c1-5-28-21(25)15-7-6-8-16(14(15)3)22-20(24)19-12-23(30(4,26)27)17-11-13(2)9-10-18(17)29-19/h6-11,19H,5,12H2,1-4H3,(H,22,24)/t19-/m1/s1. The van der Waals surface area contributed by atoms with E-state index < -0.39 is 28.0 Å². The zero-order valence-electron chi connectivity index (χ0n) is 17.3. The van der Waals surface area contributed by atoms with Gasteiger partial charge in [0, 0.05) is 5.69 Å². The van der Waals surface area contributed by atoms with Crippen molar-refractivity contribution >= 4 is 33.3 Å². The summed E-state index contributed by atoms with van der Waals surface area (Å²) in [5.41, 5.74) is 2.60. The van der Waals surface area contributed by atoms with E-state index in [9.17, 15) is 18.0 Å². The largest absolute Gasteiger partial charge is 0.476 e. The molecule has 1 atom stereocenters. The maximum absolute atomic E-state index is 12.9. The molecule has 1 aliphatic heterocycles. The van der Waals surface area contributed by atoms with Crippen LogP contribution >= 0.6 is 0 Å². The van der Waals surface area contributed by atoms with Gasteiger partial charge in [0.2, 0.25) is 10.0 Å². The summed E-state index contributed by atoms with van der Waals surface area (Å²) in [5.74, 6) is -0.680. The molecule has 8 nitrogen and oxygen atoms in total. The van der Waals surface area contributed by atoms with E-state index in [4.69, 9.17) is 9.47 Å². The molecular formula is C21H24N2O6S. The van der Waals surface area contributed by atoms with Crippen LogP contribution < -0.4 is 14.4 Å². The molecule has 0 saturated heterocycles. The molecule has 0 saturated carbocycles. The summed E-state index contributed by atoms with van der Waals surface area (Å²) >= 11 is 0. The fourth-order valence-electron chi connectivity index (χ4n) is 3.23. The molecule has 0 radical (unpaired) electrons. The lowest BCUT2D eigenvalue weighted by Gasteiger charge is -2.34. The van der Waals surface area contributed by atoms with Crippen molar-refractivity contribution in [3.05, 3.63) is 53.1 Å². The Morgan fingerprint density at radius 3 is 2.63 bits per heavy atom. The minimum atomic E-state index is -3.62. The van der Waals surface area contributed by atoms with Crippen LogP contribution in [0.1, 0.15) is 28.4 Å². The van der Waals surface area contributed by atoms with E-state index in [1.807, 2.05) is 6.92 Å². The molecule has 3 rings (SSSR count). The van der Waals surface area contributed by atoms with Gasteiger partial charge in [0.25, 0.3) is 5.91 Å². The van der Waals surface area contributed by atoms with E-state index in [0.29, 0.717) is 28.3 Å². The number of ether oxygens (including phenoxy) is 2. The summed E-state index contributed by atoms with van der Waals surface area (Å²) in [6.45, 7) is 5.35. The molecule has 30 heavy (non-hydrogen) atoms. The lowest BCUT2D eigenvalue weighted by Crippen LogP contribution is -2.48. The van der Waals surface area contributed by atoms with Crippen molar-refractivity contribution < 1.29 is 27.5 Å². The summed E-state index contributed by atoms with van der Waals surface area (Å²) in [6, 6.07) is 10.0. The van der Waals surface area contributed by atoms with Gasteiger partial charge < -0.3 is 14.8 Å². The average Bonchev–Trinajstić information content (AvgIpc) is 2.68. The Morgan fingerprint density at radius 1 is 1.23 bits per heavy atom. The fraction of sp³-hybridized carbons (Fsp3) is 0.333. The Morgan fingerprint density at radius 2 is 1.97 bits per heavy atom. The maximum Gasteiger partial charge on any atom is 0.338 e. The van der Waals surface area contributed by atoms with Gasteiger partial charge in [-0.2, -0.15) is 0 Å². The van der Waals surface area contributed by atoms with Crippen LogP contribution in [0, 0.1) is 13.8 Å². The van der Waals surface area contributed by atoms with Gasteiger partial charge in [-0.3, -0.25) is 9.10 Å². The fourth-order valence-corrected chi connectivity index (χ4v) is 4.13. The molecule has 0 aliphatic carbocycles. The van der Waals surface area contributed by atoms with Crippen molar-refractivity contribution in [3.8, 4) is 5.75 Å². The Kier molecular flexibility index (Phi) is 6.02. The SMILES string of the molecule is CCOC(=O)c1cccc(NC(=O)[C@H]2CN(S(C)(=O)=O)c3cc(C)ccc3O2)c1C.